The third-order valence-corrected chi connectivity index (χ3v) is 4.86. The van der Waals surface area contributed by atoms with Crippen LogP contribution < -0.4 is 10.6 Å². The molecular weight excluding hydrogens is 310 g/mol. The minimum atomic E-state index is 0.215. The normalized spacial score (nSPS) is 15.6. The summed E-state index contributed by atoms with van der Waals surface area (Å²) in [6.45, 7) is 6.26. The van der Waals surface area contributed by atoms with E-state index < -0.39 is 0 Å². The predicted molar refractivity (Wildman–Crippen MR) is 103 cm³/mol. The summed E-state index contributed by atoms with van der Waals surface area (Å²) in [5.74, 6) is 2.08. The van der Waals surface area contributed by atoms with E-state index >= 15 is 0 Å². The average molecular weight is 339 g/mol. The molecule has 1 atom stereocenters. The molecule has 0 fully saturated rings. The molecule has 0 amide bonds. The zero-order chi connectivity index (χ0) is 17.6. The van der Waals surface area contributed by atoms with Crippen molar-refractivity contribution in [2.75, 3.05) is 13.6 Å². The minimum absolute atomic E-state index is 0.215. The Morgan fingerprint density at radius 3 is 2.92 bits per heavy atom. The van der Waals surface area contributed by atoms with E-state index in [1.807, 2.05) is 7.05 Å². The van der Waals surface area contributed by atoms with E-state index in [2.05, 4.69) is 64.5 Å². The molecule has 5 nitrogen and oxygen atoms in total. The van der Waals surface area contributed by atoms with Gasteiger partial charge in [-0.3, -0.25) is 4.99 Å². The summed E-state index contributed by atoms with van der Waals surface area (Å²) < 4.78 is 2.31. The van der Waals surface area contributed by atoms with Crippen molar-refractivity contribution in [1.82, 2.24) is 20.2 Å². The van der Waals surface area contributed by atoms with Gasteiger partial charge < -0.3 is 15.2 Å². The Morgan fingerprint density at radius 2 is 2.16 bits per heavy atom. The van der Waals surface area contributed by atoms with Gasteiger partial charge in [0, 0.05) is 39.2 Å². The van der Waals surface area contributed by atoms with Crippen LogP contribution >= 0.6 is 0 Å². The molecule has 2 aromatic rings. The number of hydrogen-bond acceptors (Lipinski definition) is 2. The first-order chi connectivity index (χ1) is 12.2. The highest BCUT2D eigenvalue weighted by atomic mass is 15.2. The molecule has 0 bridgehead atoms. The van der Waals surface area contributed by atoms with Crippen LogP contribution in [0.3, 0.4) is 0 Å². The number of aliphatic imine (C=N–C) groups is 1. The number of hydrogen-bond donors (Lipinski definition) is 2. The molecule has 1 aromatic heterocycles. The first kappa shape index (κ1) is 17.5. The lowest BCUT2D eigenvalue weighted by atomic mass is 10.0. The van der Waals surface area contributed by atoms with Gasteiger partial charge in [0.25, 0.3) is 0 Å². The molecule has 0 saturated heterocycles. The van der Waals surface area contributed by atoms with Crippen molar-refractivity contribution in [1.29, 1.82) is 0 Å². The summed E-state index contributed by atoms with van der Waals surface area (Å²) in [6.07, 6.45) is 6.78. The second-order valence-corrected chi connectivity index (χ2v) is 6.77. The minimum Gasteiger partial charge on any atom is -0.356 e. The average Bonchev–Trinajstić information content (AvgIpc) is 3.03. The van der Waals surface area contributed by atoms with Gasteiger partial charge in [-0.05, 0) is 37.8 Å². The van der Waals surface area contributed by atoms with E-state index in [1.54, 1.807) is 0 Å². The monoisotopic (exact) mass is 339 g/mol. The highest BCUT2D eigenvalue weighted by molar-refractivity contribution is 5.80. The van der Waals surface area contributed by atoms with E-state index in [-0.39, 0.29) is 6.04 Å². The smallest absolute Gasteiger partial charge is 0.191 e. The SMILES string of the molecule is CN=C(NCCc1cn2c(n1)CCCC2)NC(C)c1ccccc1C. The Kier molecular flexibility index (Phi) is 5.74. The fourth-order valence-electron chi connectivity index (χ4n) is 3.45. The van der Waals surface area contributed by atoms with Crippen molar-refractivity contribution in [2.24, 2.45) is 4.99 Å². The summed E-state index contributed by atoms with van der Waals surface area (Å²) in [5.41, 5.74) is 3.76. The number of nitrogens with one attached hydrogen (secondary N) is 2. The van der Waals surface area contributed by atoms with Crippen LogP contribution in [0.2, 0.25) is 0 Å². The highest BCUT2D eigenvalue weighted by Crippen LogP contribution is 2.16. The largest absolute Gasteiger partial charge is 0.356 e. The number of fused-ring (bicyclic) bond motifs is 1. The summed E-state index contributed by atoms with van der Waals surface area (Å²) in [7, 11) is 1.81. The standard InChI is InChI=1S/C20H29N5/c1-15-8-4-5-9-18(15)16(2)23-20(21-3)22-12-11-17-14-25-13-7-6-10-19(25)24-17/h4-5,8-9,14,16H,6-7,10-13H2,1-3H3,(H2,21,22,23). The Bertz CT molecular complexity index is 708. The topological polar surface area (TPSA) is 54.2 Å². The molecule has 0 radical (unpaired) electrons. The van der Waals surface area contributed by atoms with Crippen LogP contribution in [0, 0.1) is 6.92 Å². The molecule has 0 spiro atoms. The molecule has 0 saturated carbocycles. The van der Waals surface area contributed by atoms with Crippen LogP contribution in [0.5, 0.6) is 0 Å². The molecule has 1 aliphatic heterocycles. The molecule has 1 unspecified atom stereocenters. The van der Waals surface area contributed by atoms with Gasteiger partial charge in [0.1, 0.15) is 5.82 Å². The van der Waals surface area contributed by atoms with Gasteiger partial charge in [-0.2, -0.15) is 0 Å². The fourth-order valence-corrected chi connectivity index (χ4v) is 3.45. The van der Waals surface area contributed by atoms with Crippen LogP contribution in [0.4, 0.5) is 0 Å². The van der Waals surface area contributed by atoms with Crippen molar-refractivity contribution in [3.63, 3.8) is 0 Å². The van der Waals surface area contributed by atoms with E-state index in [4.69, 9.17) is 4.98 Å². The molecule has 1 aromatic carbocycles. The molecule has 3 rings (SSSR count). The summed E-state index contributed by atoms with van der Waals surface area (Å²) in [5, 5.41) is 6.88. The maximum Gasteiger partial charge on any atom is 0.191 e. The van der Waals surface area contributed by atoms with Gasteiger partial charge in [0.05, 0.1) is 11.7 Å². The third kappa shape index (κ3) is 4.41. The molecule has 5 heteroatoms. The Hall–Kier alpha value is -2.30. The number of aryl methyl sites for hydroxylation is 3. The van der Waals surface area contributed by atoms with Gasteiger partial charge in [-0.1, -0.05) is 24.3 Å². The second-order valence-electron chi connectivity index (χ2n) is 6.77. The molecule has 134 valence electrons. The molecule has 1 aliphatic rings. The first-order valence-corrected chi connectivity index (χ1v) is 9.25. The highest BCUT2D eigenvalue weighted by Gasteiger charge is 2.13. The Balaban J connectivity index is 1.51. The van der Waals surface area contributed by atoms with Crippen LogP contribution in [0.1, 0.15) is 48.5 Å². The van der Waals surface area contributed by atoms with Crippen molar-refractivity contribution in [3.05, 3.63) is 53.1 Å². The van der Waals surface area contributed by atoms with Crippen LogP contribution in [0.25, 0.3) is 0 Å². The van der Waals surface area contributed by atoms with E-state index in [0.29, 0.717) is 0 Å². The second kappa shape index (κ2) is 8.19. The summed E-state index contributed by atoms with van der Waals surface area (Å²) in [6, 6.07) is 8.67. The fraction of sp³-hybridized carbons (Fsp3) is 0.500. The Labute approximate surface area is 150 Å². The van der Waals surface area contributed by atoms with Gasteiger partial charge in [-0.15, -0.1) is 0 Å². The van der Waals surface area contributed by atoms with Crippen LogP contribution in [-0.2, 0) is 19.4 Å². The van der Waals surface area contributed by atoms with Crippen molar-refractivity contribution >= 4 is 5.96 Å². The molecule has 2 heterocycles. The number of guanidine groups is 1. The van der Waals surface area contributed by atoms with Gasteiger partial charge >= 0.3 is 0 Å². The molecule has 0 aliphatic carbocycles. The quantitative estimate of drug-likeness (QED) is 0.650. The Morgan fingerprint density at radius 1 is 1.32 bits per heavy atom. The van der Waals surface area contributed by atoms with Gasteiger partial charge in [0.15, 0.2) is 5.96 Å². The van der Waals surface area contributed by atoms with Gasteiger partial charge in [0.2, 0.25) is 0 Å². The third-order valence-electron chi connectivity index (χ3n) is 4.86. The maximum atomic E-state index is 4.76. The summed E-state index contributed by atoms with van der Waals surface area (Å²) in [4.78, 5) is 9.10. The maximum absolute atomic E-state index is 4.76. The van der Waals surface area contributed by atoms with Crippen LogP contribution in [0.15, 0.2) is 35.5 Å². The number of aromatic nitrogens is 2. The number of imidazole rings is 1. The number of benzene rings is 1. The predicted octanol–water partition coefficient (Wildman–Crippen LogP) is 3.00. The zero-order valence-corrected chi connectivity index (χ0v) is 15.5. The first-order valence-electron chi connectivity index (χ1n) is 9.25. The lowest BCUT2D eigenvalue weighted by Crippen LogP contribution is -2.39. The lowest BCUT2D eigenvalue weighted by Gasteiger charge is -2.19. The number of nitrogens with zero attached hydrogens (tertiary/aromatic N) is 3. The van der Waals surface area contributed by atoms with E-state index in [9.17, 15) is 0 Å². The zero-order valence-electron chi connectivity index (χ0n) is 15.5. The lowest BCUT2D eigenvalue weighted by molar-refractivity contribution is 0.522. The molecule has 25 heavy (non-hydrogen) atoms. The van der Waals surface area contributed by atoms with Crippen molar-refractivity contribution in [3.8, 4) is 0 Å². The van der Waals surface area contributed by atoms with E-state index in [0.717, 1.165) is 31.9 Å². The summed E-state index contributed by atoms with van der Waals surface area (Å²) >= 11 is 0. The molecular formula is C20H29N5. The van der Waals surface area contributed by atoms with Crippen LogP contribution in [-0.4, -0.2) is 29.1 Å². The van der Waals surface area contributed by atoms with Crippen molar-refractivity contribution < 1.29 is 0 Å². The van der Waals surface area contributed by atoms with Crippen molar-refractivity contribution in [2.45, 2.75) is 52.1 Å². The van der Waals surface area contributed by atoms with E-state index in [1.165, 1.54) is 35.5 Å². The molecule has 2 N–H and O–H groups in total. The van der Waals surface area contributed by atoms with Gasteiger partial charge in [-0.25, -0.2) is 4.98 Å². The number of rotatable bonds is 5.